The number of ketones is 1. The molecule has 0 spiro atoms. The maximum absolute atomic E-state index is 11.0. The van der Waals surface area contributed by atoms with Crippen molar-refractivity contribution in [3.8, 4) is 5.75 Å². The van der Waals surface area contributed by atoms with Gasteiger partial charge in [0.1, 0.15) is 5.75 Å². The van der Waals surface area contributed by atoms with Gasteiger partial charge in [-0.2, -0.15) is 0 Å². The molecule has 0 saturated heterocycles. The molecule has 0 bridgehead atoms. The van der Waals surface area contributed by atoms with Crippen LogP contribution in [0.2, 0.25) is 0 Å². The summed E-state index contributed by atoms with van der Waals surface area (Å²) >= 11 is 11.0. The van der Waals surface area contributed by atoms with Crippen LogP contribution < -0.4 is 0 Å². The minimum Gasteiger partial charge on any atom is -0.508 e. The fourth-order valence-electron chi connectivity index (χ4n) is 1.13. The van der Waals surface area contributed by atoms with Gasteiger partial charge in [-0.15, -0.1) is 23.2 Å². The summed E-state index contributed by atoms with van der Waals surface area (Å²) in [6.07, 6.45) is 0.285. The van der Waals surface area contributed by atoms with Crippen molar-refractivity contribution in [2.24, 2.45) is 0 Å². The molecule has 1 aromatic carbocycles. The SMILES string of the molecule is O=C(CCl)Cc1ccc(O)c(CCl)c1. The molecular formula is C10H10Cl2O2. The normalized spacial score (nSPS) is 10.1. The largest absolute Gasteiger partial charge is 0.508 e. The summed E-state index contributed by atoms with van der Waals surface area (Å²) in [5.74, 6) is 0.353. The van der Waals surface area contributed by atoms with Crippen molar-refractivity contribution in [1.29, 1.82) is 0 Å². The molecule has 1 rings (SSSR count). The van der Waals surface area contributed by atoms with Crippen LogP contribution in [0.3, 0.4) is 0 Å². The Bertz CT molecular complexity index is 337. The molecule has 1 N–H and O–H groups in total. The van der Waals surface area contributed by atoms with Gasteiger partial charge in [0, 0.05) is 12.0 Å². The first-order valence-electron chi connectivity index (χ1n) is 4.11. The van der Waals surface area contributed by atoms with Crippen LogP contribution in [0.15, 0.2) is 18.2 Å². The first-order valence-corrected chi connectivity index (χ1v) is 5.18. The Labute approximate surface area is 92.5 Å². The second kappa shape index (κ2) is 5.23. The molecular weight excluding hydrogens is 223 g/mol. The van der Waals surface area contributed by atoms with Gasteiger partial charge in [-0.05, 0) is 11.6 Å². The van der Waals surface area contributed by atoms with Crippen LogP contribution in [0.5, 0.6) is 5.75 Å². The van der Waals surface area contributed by atoms with Crippen LogP contribution in [-0.4, -0.2) is 16.8 Å². The average Bonchev–Trinajstić information content (AvgIpc) is 2.20. The predicted molar refractivity (Wildman–Crippen MR) is 57.1 cm³/mol. The van der Waals surface area contributed by atoms with Crippen molar-refractivity contribution < 1.29 is 9.90 Å². The Balaban J connectivity index is 2.84. The number of hydrogen-bond acceptors (Lipinski definition) is 2. The lowest BCUT2D eigenvalue weighted by atomic mass is 10.1. The average molecular weight is 233 g/mol. The second-order valence-electron chi connectivity index (χ2n) is 2.95. The highest BCUT2D eigenvalue weighted by atomic mass is 35.5. The zero-order chi connectivity index (χ0) is 10.6. The molecule has 0 fully saturated rings. The number of carbonyl (C=O) groups is 1. The van der Waals surface area contributed by atoms with E-state index in [4.69, 9.17) is 23.2 Å². The molecule has 0 amide bonds. The molecule has 0 atom stereocenters. The number of hydrogen-bond donors (Lipinski definition) is 1. The molecule has 2 nitrogen and oxygen atoms in total. The Hall–Kier alpha value is -0.730. The molecule has 14 heavy (non-hydrogen) atoms. The second-order valence-corrected chi connectivity index (χ2v) is 3.48. The highest BCUT2D eigenvalue weighted by Crippen LogP contribution is 2.20. The van der Waals surface area contributed by atoms with E-state index >= 15 is 0 Å². The van der Waals surface area contributed by atoms with Crippen LogP contribution >= 0.6 is 23.2 Å². The molecule has 4 heteroatoms. The standard InChI is InChI=1S/C10H10Cl2O2/c11-5-8-3-7(1-2-10(8)14)4-9(13)6-12/h1-3,14H,4-6H2. The maximum Gasteiger partial charge on any atom is 0.151 e. The van der Waals surface area contributed by atoms with Gasteiger partial charge in [-0.1, -0.05) is 12.1 Å². The molecule has 0 unspecified atom stereocenters. The summed E-state index contributed by atoms with van der Waals surface area (Å²) < 4.78 is 0. The monoisotopic (exact) mass is 232 g/mol. The Morgan fingerprint density at radius 3 is 2.64 bits per heavy atom. The minimum atomic E-state index is -0.0436. The van der Waals surface area contributed by atoms with Crippen LogP contribution in [0.25, 0.3) is 0 Å². The fourth-order valence-corrected chi connectivity index (χ4v) is 1.44. The van der Waals surface area contributed by atoms with E-state index in [0.717, 1.165) is 5.56 Å². The van der Waals surface area contributed by atoms with Crippen molar-refractivity contribution >= 4 is 29.0 Å². The van der Waals surface area contributed by atoms with Crippen LogP contribution in [0, 0.1) is 0 Å². The maximum atomic E-state index is 11.0. The third-order valence-corrected chi connectivity index (χ3v) is 2.42. The van der Waals surface area contributed by atoms with Crippen LogP contribution in [0.4, 0.5) is 0 Å². The van der Waals surface area contributed by atoms with E-state index in [9.17, 15) is 9.90 Å². The lowest BCUT2D eigenvalue weighted by molar-refractivity contribution is -0.116. The number of aromatic hydroxyl groups is 1. The molecule has 0 radical (unpaired) electrons. The van der Waals surface area contributed by atoms with Crippen molar-refractivity contribution in [1.82, 2.24) is 0 Å². The Kier molecular flexibility index (Phi) is 4.23. The lowest BCUT2D eigenvalue weighted by Gasteiger charge is -2.03. The summed E-state index contributed by atoms with van der Waals surface area (Å²) in [6, 6.07) is 4.94. The summed E-state index contributed by atoms with van der Waals surface area (Å²) in [6.45, 7) is 0. The van der Waals surface area contributed by atoms with E-state index in [1.807, 2.05) is 0 Å². The predicted octanol–water partition coefficient (Wildman–Crippen LogP) is 2.48. The highest BCUT2D eigenvalue weighted by molar-refractivity contribution is 6.27. The summed E-state index contributed by atoms with van der Waals surface area (Å²) in [5, 5.41) is 9.33. The van der Waals surface area contributed by atoms with Gasteiger partial charge >= 0.3 is 0 Å². The zero-order valence-corrected chi connectivity index (χ0v) is 8.98. The molecule has 0 heterocycles. The van der Waals surface area contributed by atoms with Crippen LogP contribution in [0.1, 0.15) is 11.1 Å². The van der Waals surface area contributed by atoms with Gasteiger partial charge in [-0.25, -0.2) is 0 Å². The van der Waals surface area contributed by atoms with E-state index in [-0.39, 0.29) is 29.7 Å². The third-order valence-electron chi connectivity index (χ3n) is 1.84. The van der Waals surface area contributed by atoms with E-state index < -0.39 is 0 Å². The topological polar surface area (TPSA) is 37.3 Å². The fraction of sp³-hybridized carbons (Fsp3) is 0.300. The lowest BCUT2D eigenvalue weighted by Crippen LogP contribution is -2.03. The number of rotatable bonds is 4. The number of halogens is 2. The summed E-state index contributed by atoms with van der Waals surface area (Å²) in [4.78, 5) is 11.0. The third kappa shape index (κ3) is 2.89. The molecule has 0 saturated carbocycles. The van der Waals surface area contributed by atoms with E-state index in [1.165, 1.54) is 6.07 Å². The molecule has 0 aliphatic rings. The van der Waals surface area contributed by atoms with Gasteiger partial charge in [0.2, 0.25) is 0 Å². The Morgan fingerprint density at radius 2 is 2.07 bits per heavy atom. The number of benzene rings is 1. The van der Waals surface area contributed by atoms with Crippen molar-refractivity contribution in [2.45, 2.75) is 12.3 Å². The zero-order valence-electron chi connectivity index (χ0n) is 7.46. The molecule has 0 aliphatic carbocycles. The summed E-state index contributed by atoms with van der Waals surface area (Å²) in [7, 11) is 0. The van der Waals surface area contributed by atoms with Crippen LogP contribution in [-0.2, 0) is 17.1 Å². The van der Waals surface area contributed by atoms with Gasteiger partial charge in [0.05, 0.1) is 11.8 Å². The molecule has 0 aromatic heterocycles. The van der Waals surface area contributed by atoms with Gasteiger partial charge in [0.25, 0.3) is 0 Å². The number of carbonyl (C=O) groups excluding carboxylic acids is 1. The van der Waals surface area contributed by atoms with Gasteiger partial charge < -0.3 is 5.11 Å². The Morgan fingerprint density at radius 1 is 1.36 bits per heavy atom. The van der Waals surface area contributed by atoms with Gasteiger partial charge in [0.15, 0.2) is 5.78 Å². The first-order chi connectivity index (χ1) is 6.67. The van der Waals surface area contributed by atoms with Crippen molar-refractivity contribution in [3.05, 3.63) is 29.3 Å². The van der Waals surface area contributed by atoms with E-state index in [1.54, 1.807) is 12.1 Å². The molecule has 76 valence electrons. The highest BCUT2D eigenvalue weighted by Gasteiger charge is 2.05. The molecule has 1 aromatic rings. The van der Waals surface area contributed by atoms with E-state index in [2.05, 4.69) is 0 Å². The number of phenolic OH excluding ortho intramolecular Hbond substituents is 1. The number of phenols is 1. The van der Waals surface area contributed by atoms with Crippen molar-refractivity contribution in [2.75, 3.05) is 5.88 Å². The minimum absolute atomic E-state index is 0.0110. The van der Waals surface area contributed by atoms with Gasteiger partial charge in [-0.3, -0.25) is 4.79 Å². The molecule has 0 aliphatic heterocycles. The first kappa shape index (κ1) is 11.3. The number of alkyl halides is 2. The summed E-state index contributed by atoms with van der Waals surface area (Å²) in [5.41, 5.74) is 1.45. The van der Waals surface area contributed by atoms with Crippen molar-refractivity contribution in [3.63, 3.8) is 0 Å². The quantitative estimate of drug-likeness (QED) is 0.811. The number of Topliss-reactive ketones (excluding diaryl/α,β-unsaturated/α-hetero) is 1. The smallest absolute Gasteiger partial charge is 0.151 e. The van der Waals surface area contributed by atoms with E-state index in [0.29, 0.717) is 5.56 Å².